The van der Waals surface area contributed by atoms with Crippen molar-refractivity contribution in [2.45, 2.75) is 51.6 Å². The number of ether oxygens (including phenoxy) is 1. The Morgan fingerprint density at radius 2 is 1.86 bits per heavy atom. The molecule has 1 amide bonds. The monoisotopic (exact) mass is 291 g/mol. The molecule has 0 radical (unpaired) electrons. The Kier molecular flexibility index (Phi) is 5.23. The van der Waals surface area contributed by atoms with E-state index in [1.165, 1.54) is 0 Å². The predicted molar refractivity (Wildman–Crippen MR) is 82.5 cm³/mol. The third kappa shape index (κ3) is 5.05. The van der Waals surface area contributed by atoms with Crippen molar-refractivity contribution in [2.75, 3.05) is 13.2 Å². The van der Waals surface area contributed by atoms with E-state index >= 15 is 0 Å². The van der Waals surface area contributed by atoms with Gasteiger partial charge in [0.25, 0.3) is 0 Å². The summed E-state index contributed by atoms with van der Waals surface area (Å²) in [6, 6.07) is 6.06. The molecule has 1 fully saturated rings. The van der Waals surface area contributed by atoms with E-state index in [1.54, 1.807) is 0 Å². The summed E-state index contributed by atoms with van der Waals surface area (Å²) in [6.07, 6.45) is 3.70. The Balaban J connectivity index is 1.68. The second kappa shape index (κ2) is 6.94. The fourth-order valence-electron chi connectivity index (χ4n) is 2.95. The van der Waals surface area contributed by atoms with Gasteiger partial charge >= 0.3 is 0 Å². The quantitative estimate of drug-likeness (QED) is 0.792. The van der Waals surface area contributed by atoms with Crippen LogP contribution in [0.5, 0.6) is 5.75 Å². The Morgan fingerprint density at radius 1 is 1.24 bits per heavy atom. The summed E-state index contributed by atoms with van der Waals surface area (Å²) in [7, 11) is 0. The molecule has 0 unspecified atom stereocenters. The Labute approximate surface area is 126 Å². The molecule has 1 aromatic carbocycles. The summed E-state index contributed by atoms with van der Waals surface area (Å²) >= 11 is 0. The molecular formula is C17H25NO3. The first-order valence-corrected chi connectivity index (χ1v) is 7.67. The molecule has 0 heterocycles. The van der Waals surface area contributed by atoms with Crippen LogP contribution < -0.4 is 10.1 Å². The highest BCUT2D eigenvalue weighted by Gasteiger charge is 2.33. The number of carbonyl (C=O) groups excluding carboxylic acids is 1. The minimum atomic E-state index is -0.779. The fraction of sp³-hybridized carbons (Fsp3) is 0.588. The molecule has 116 valence electrons. The maximum atomic E-state index is 11.8. The SMILES string of the molecule is Cc1cc(C)cc(OCCNC(=O)CC2(O)CCCC2)c1. The molecule has 0 spiro atoms. The van der Waals surface area contributed by atoms with E-state index in [2.05, 4.69) is 11.4 Å². The van der Waals surface area contributed by atoms with Crippen LogP contribution >= 0.6 is 0 Å². The van der Waals surface area contributed by atoms with Gasteiger partial charge in [-0.15, -0.1) is 0 Å². The first-order chi connectivity index (χ1) is 9.97. The molecule has 0 aromatic heterocycles. The number of nitrogens with one attached hydrogen (secondary N) is 1. The lowest BCUT2D eigenvalue weighted by atomic mass is 9.98. The molecule has 21 heavy (non-hydrogen) atoms. The maximum Gasteiger partial charge on any atom is 0.223 e. The molecule has 4 heteroatoms. The molecular weight excluding hydrogens is 266 g/mol. The molecule has 1 saturated carbocycles. The zero-order chi connectivity index (χ0) is 15.3. The summed E-state index contributed by atoms with van der Waals surface area (Å²) in [5.41, 5.74) is 1.55. The van der Waals surface area contributed by atoms with Crippen LogP contribution in [0.2, 0.25) is 0 Å². The number of aryl methyl sites for hydroxylation is 2. The van der Waals surface area contributed by atoms with E-state index < -0.39 is 5.60 Å². The zero-order valence-electron chi connectivity index (χ0n) is 12.9. The predicted octanol–water partition coefficient (Wildman–Crippen LogP) is 2.49. The first kappa shape index (κ1) is 15.8. The van der Waals surface area contributed by atoms with Crippen LogP contribution in [0, 0.1) is 13.8 Å². The molecule has 0 atom stereocenters. The summed E-state index contributed by atoms with van der Waals surface area (Å²) in [5.74, 6) is 0.736. The topological polar surface area (TPSA) is 58.6 Å². The average Bonchev–Trinajstić information content (AvgIpc) is 2.80. The number of amides is 1. The lowest BCUT2D eigenvalue weighted by Gasteiger charge is -2.21. The highest BCUT2D eigenvalue weighted by atomic mass is 16.5. The van der Waals surface area contributed by atoms with Gasteiger partial charge in [-0.25, -0.2) is 0 Å². The molecule has 1 aliphatic rings. The average molecular weight is 291 g/mol. The highest BCUT2D eigenvalue weighted by molar-refractivity contribution is 5.77. The van der Waals surface area contributed by atoms with E-state index in [0.717, 1.165) is 42.6 Å². The molecule has 1 aromatic rings. The van der Waals surface area contributed by atoms with Gasteiger partial charge in [-0.05, 0) is 49.9 Å². The van der Waals surface area contributed by atoms with Gasteiger partial charge in [-0.2, -0.15) is 0 Å². The lowest BCUT2D eigenvalue weighted by Crippen LogP contribution is -2.36. The molecule has 0 aliphatic heterocycles. The number of benzene rings is 1. The maximum absolute atomic E-state index is 11.8. The molecule has 1 aliphatic carbocycles. The number of rotatable bonds is 6. The Hall–Kier alpha value is -1.55. The Morgan fingerprint density at radius 3 is 2.48 bits per heavy atom. The van der Waals surface area contributed by atoms with Crippen LogP contribution in [0.25, 0.3) is 0 Å². The van der Waals surface area contributed by atoms with E-state index in [4.69, 9.17) is 4.74 Å². The standard InChI is InChI=1S/C17H25NO3/c1-13-9-14(2)11-15(10-13)21-8-7-18-16(19)12-17(20)5-3-4-6-17/h9-11,20H,3-8,12H2,1-2H3,(H,18,19). The zero-order valence-corrected chi connectivity index (χ0v) is 12.9. The van der Waals surface area contributed by atoms with Crippen molar-refractivity contribution in [3.63, 3.8) is 0 Å². The summed E-state index contributed by atoms with van der Waals surface area (Å²) in [5, 5.41) is 13.0. The number of aliphatic hydroxyl groups is 1. The Bertz CT molecular complexity index is 473. The summed E-state index contributed by atoms with van der Waals surface area (Å²) < 4.78 is 5.64. The van der Waals surface area contributed by atoms with E-state index in [0.29, 0.717) is 13.2 Å². The molecule has 0 bridgehead atoms. The van der Waals surface area contributed by atoms with Crippen LogP contribution in [0.15, 0.2) is 18.2 Å². The van der Waals surface area contributed by atoms with Crippen LogP contribution in [0.1, 0.15) is 43.2 Å². The van der Waals surface area contributed by atoms with Crippen molar-refractivity contribution in [3.05, 3.63) is 29.3 Å². The third-order valence-electron chi connectivity index (χ3n) is 3.91. The summed E-state index contributed by atoms with van der Waals surface area (Å²) in [4.78, 5) is 11.8. The highest BCUT2D eigenvalue weighted by Crippen LogP contribution is 2.32. The van der Waals surface area contributed by atoms with Crippen molar-refractivity contribution in [1.82, 2.24) is 5.32 Å². The van der Waals surface area contributed by atoms with Gasteiger partial charge in [0.1, 0.15) is 12.4 Å². The largest absolute Gasteiger partial charge is 0.492 e. The number of hydrogen-bond acceptors (Lipinski definition) is 3. The lowest BCUT2D eigenvalue weighted by molar-refractivity contribution is -0.126. The van der Waals surface area contributed by atoms with Crippen molar-refractivity contribution in [3.8, 4) is 5.75 Å². The molecule has 4 nitrogen and oxygen atoms in total. The van der Waals surface area contributed by atoms with Gasteiger partial charge in [-0.1, -0.05) is 18.9 Å². The van der Waals surface area contributed by atoms with Crippen molar-refractivity contribution < 1.29 is 14.6 Å². The minimum absolute atomic E-state index is 0.0941. The van der Waals surface area contributed by atoms with Crippen molar-refractivity contribution in [1.29, 1.82) is 0 Å². The minimum Gasteiger partial charge on any atom is -0.492 e. The molecule has 0 saturated heterocycles. The molecule has 2 rings (SSSR count). The van der Waals surface area contributed by atoms with Gasteiger partial charge < -0.3 is 15.2 Å². The summed E-state index contributed by atoms with van der Waals surface area (Å²) in [6.45, 7) is 4.96. The normalized spacial score (nSPS) is 16.7. The van der Waals surface area contributed by atoms with Crippen LogP contribution in [-0.4, -0.2) is 29.8 Å². The number of hydrogen-bond donors (Lipinski definition) is 2. The smallest absolute Gasteiger partial charge is 0.223 e. The van der Waals surface area contributed by atoms with E-state index in [-0.39, 0.29) is 12.3 Å². The van der Waals surface area contributed by atoms with E-state index in [1.807, 2.05) is 26.0 Å². The van der Waals surface area contributed by atoms with Crippen LogP contribution in [0.4, 0.5) is 0 Å². The van der Waals surface area contributed by atoms with Gasteiger partial charge in [0.05, 0.1) is 18.6 Å². The van der Waals surface area contributed by atoms with E-state index in [9.17, 15) is 9.90 Å². The van der Waals surface area contributed by atoms with Gasteiger partial charge in [0, 0.05) is 0 Å². The second-order valence-corrected chi connectivity index (χ2v) is 6.13. The van der Waals surface area contributed by atoms with Crippen molar-refractivity contribution >= 4 is 5.91 Å². The van der Waals surface area contributed by atoms with Gasteiger partial charge in [0.15, 0.2) is 0 Å². The molecule has 2 N–H and O–H groups in total. The number of carbonyl (C=O) groups is 1. The van der Waals surface area contributed by atoms with Gasteiger partial charge in [0.2, 0.25) is 5.91 Å². The van der Waals surface area contributed by atoms with Crippen LogP contribution in [-0.2, 0) is 4.79 Å². The first-order valence-electron chi connectivity index (χ1n) is 7.67. The third-order valence-corrected chi connectivity index (χ3v) is 3.91. The second-order valence-electron chi connectivity index (χ2n) is 6.13. The van der Waals surface area contributed by atoms with Crippen molar-refractivity contribution in [2.24, 2.45) is 0 Å². The van der Waals surface area contributed by atoms with Gasteiger partial charge in [-0.3, -0.25) is 4.79 Å². The van der Waals surface area contributed by atoms with Crippen LogP contribution in [0.3, 0.4) is 0 Å². The fourth-order valence-corrected chi connectivity index (χ4v) is 2.95.